The molecular formula is C9H10ClNO4S2. The van der Waals surface area contributed by atoms with Gasteiger partial charge in [-0.3, -0.25) is 0 Å². The van der Waals surface area contributed by atoms with E-state index in [9.17, 15) is 13.2 Å². The summed E-state index contributed by atoms with van der Waals surface area (Å²) >= 11 is 7.01. The minimum Gasteiger partial charge on any atom is -0.478 e. The number of carbonyl (C=O) groups is 1. The number of rotatable bonds is 5. The molecule has 94 valence electrons. The van der Waals surface area contributed by atoms with Gasteiger partial charge in [0.15, 0.2) is 0 Å². The SMILES string of the molecule is CS(=O)(=O)CCSc1ncc(C(=O)O)cc1Cl. The fourth-order valence-corrected chi connectivity index (χ4v) is 3.33. The number of carboxylic acid groups (broad SMARTS) is 1. The van der Waals surface area contributed by atoms with E-state index in [4.69, 9.17) is 16.7 Å². The van der Waals surface area contributed by atoms with Crippen molar-refractivity contribution in [1.29, 1.82) is 0 Å². The van der Waals surface area contributed by atoms with Crippen LogP contribution in [-0.4, -0.2) is 42.2 Å². The number of pyridine rings is 1. The lowest BCUT2D eigenvalue weighted by Gasteiger charge is -2.03. The topological polar surface area (TPSA) is 84.3 Å². The molecule has 5 nitrogen and oxygen atoms in total. The monoisotopic (exact) mass is 295 g/mol. The van der Waals surface area contributed by atoms with Crippen molar-refractivity contribution in [2.45, 2.75) is 5.03 Å². The maximum absolute atomic E-state index is 10.9. The number of hydrogen-bond donors (Lipinski definition) is 1. The molecule has 17 heavy (non-hydrogen) atoms. The van der Waals surface area contributed by atoms with E-state index in [0.29, 0.717) is 10.8 Å². The van der Waals surface area contributed by atoms with Crippen LogP contribution >= 0.6 is 23.4 Å². The van der Waals surface area contributed by atoms with Crippen LogP contribution in [0.1, 0.15) is 10.4 Å². The first-order valence-corrected chi connectivity index (χ1v) is 7.91. The van der Waals surface area contributed by atoms with Crippen LogP contribution in [0.3, 0.4) is 0 Å². The number of aromatic carboxylic acids is 1. The molecule has 0 unspecified atom stereocenters. The van der Waals surface area contributed by atoms with Crippen LogP contribution in [0, 0.1) is 0 Å². The molecule has 0 spiro atoms. The summed E-state index contributed by atoms with van der Waals surface area (Å²) in [5.74, 6) is -0.749. The molecule has 0 amide bonds. The molecule has 1 aromatic rings. The van der Waals surface area contributed by atoms with E-state index in [1.54, 1.807) is 0 Å². The Morgan fingerprint density at radius 1 is 1.59 bits per heavy atom. The lowest BCUT2D eigenvalue weighted by molar-refractivity contribution is 0.0696. The van der Waals surface area contributed by atoms with Crippen molar-refractivity contribution < 1.29 is 18.3 Å². The van der Waals surface area contributed by atoms with Crippen LogP contribution in [-0.2, 0) is 9.84 Å². The van der Waals surface area contributed by atoms with Crippen LogP contribution in [0.15, 0.2) is 17.3 Å². The molecule has 0 saturated heterocycles. The number of nitrogens with zero attached hydrogens (tertiary/aromatic N) is 1. The molecule has 0 saturated carbocycles. The van der Waals surface area contributed by atoms with Gasteiger partial charge in [0.25, 0.3) is 0 Å². The summed E-state index contributed by atoms with van der Waals surface area (Å²) in [5, 5.41) is 9.34. The molecule has 0 bridgehead atoms. The smallest absolute Gasteiger partial charge is 0.337 e. The van der Waals surface area contributed by atoms with Gasteiger partial charge in [-0.15, -0.1) is 11.8 Å². The predicted molar refractivity (Wildman–Crippen MR) is 66.6 cm³/mol. The fraction of sp³-hybridized carbons (Fsp3) is 0.333. The highest BCUT2D eigenvalue weighted by atomic mass is 35.5. The maximum Gasteiger partial charge on any atom is 0.337 e. The van der Waals surface area contributed by atoms with Gasteiger partial charge < -0.3 is 5.11 Å². The Bertz CT molecular complexity index is 530. The standard InChI is InChI=1S/C9H10ClNO4S2/c1-17(14,15)3-2-16-8-7(10)4-6(5-11-8)9(12)13/h4-5H,2-3H2,1H3,(H,12,13). The Kier molecular flexibility index (Phi) is 4.79. The third-order valence-corrected chi connectivity index (χ3v) is 4.36. The molecule has 0 aromatic carbocycles. The Morgan fingerprint density at radius 3 is 2.71 bits per heavy atom. The number of halogens is 1. The molecule has 0 aliphatic carbocycles. The summed E-state index contributed by atoms with van der Waals surface area (Å²) in [6, 6.07) is 1.29. The van der Waals surface area contributed by atoms with E-state index in [-0.39, 0.29) is 16.3 Å². The molecule has 1 heterocycles. The molecule has 0 radical (unpaired) electrons. The Morgan fingerprint density at radius 2 is 2.24 bits per heavy atom. The fourth-order valence-electron chi connectivity index (χ4n) is 0.938. The lowest BCUT2D eigenvalue weighted by atomic mass is 10.3. The summed E-state index contributed by atoms with van der Waals surface area (Å²) in [4.78, 5) is 14.5. The van der Waals surface area contributed by atoms with Gasteiger partial charge in [0.05, 0.1) is 16.3 Å². The van der Waals surface area contributed by atoms with E-state index in [1.807, 2.05) is 0 Å². The second kappa shape index (κ2) is 5.70. The van der Waals surface area contributed by atoms with E-state index < -0.39 is 15.8 Å². The third-order valence-electron chi connectivity index (χ3n) is 1.75. The van der Waals surface area contributed by atoms with E-state index >= 15 is 0 Å². The second-order valence-electron chi connectivity index (χ2n) is 3.29. The summed E-state index contributed by atoms with van der Waals surface area (Å²) in [6.07, 6.45) is 2.34. The summed E-state index contributed by atoms with van der Waals surface area (Å²) in [6.45, 7) is 0. The highest BCUT2D eigenvalue weighted by Crippen LogP contribution is 2.25. The zero-order chi connectivity index (χ0) is 13.1. The van der Waals surface area contributed by atoms with Gasteiger partial charge in [-0.25, -0.2) is 18.2 Å². The molecule has 1 aromatic heterocycles. The minimum atomic E-state index is -3.01. The summed E-state index contributed by atoms with van der Waals surface area (Å²) in [5.41, 5.74) is 0.00228. The highest BCUT2D eigenvalue weighted by molar-refractivity contribution is 8.00. The number of aromatic nitrogens is 1. The molecule has 0 aliphatic rings. The van der Waals surface area contributed by atoms with Crippen molar-refractivity contribution in [2.75, 3.05) is 17.8 Å². The average molecular weight is 296 g/mol. The van der Waals surface area contributed by atoms with Crippen molar-refractivity contribution in [1.82, 2.24) is 4.98 Å². The van der Waals surface area contributed by atoms with Crippen LogP contribution < -0.4 is 0 Å². The zero-order valence-corrected chi connectivity index (χ0v) is 11.3. The average Bonchev–Trinajstić information content (AvgIpc) is 2.18. The summed E-state index contributed by atoms with van der Waals surface area (Å²) < 4.78 is 21.8. The zero-order valence-electron chi connectivity index (χ0n) is 8.88. The van der Waals surface area contributed by atoms with Crippen LogP contribution in [0.4, 0.5) is 0 Å². The van der Waals surface area contributed by atoms with E-state index in [1.165, 1.54) is 24.0 Å². The van der Waals surface area contributed by atoms with Gasteiger partial charge >= 0.3 is 5.97 Å². The Balaban J connectivity index is 2.70. The first kappa shape index (κ1) is 14.3. The largest absolute Gasteiger partial charge is 0.478 e. The van der Waals surface area contributed by atoms with Gasteiger partial charge in [0.1, 0.15) is 14.9 Å². The lowest BCUT2D eigenvalue weighted by Crippen LogP contribution is -2.05. The molecule has 1 rings (SSSR count). The number of sulfone groups is 1. The van der Waals surface area contributed by atoms with Gasteiger partial charge in [0.2, 0.25) is 0 Å². The molecule has 0 aliphatic heterocycles. The van der Waals surface area contributed by atoms with Gasteiger partial charge in [0, 0.05) is 18.2 Å². The van der Waals surface area contributed by atoms with Crippen molar-refractivity contribution in [3.05, 3.63) is 22.8 Å². The Labute approximate surface area is 108 Å². The van der Waals surface area contributed by atoms with Gasteiger partial charge in [-0.05, 0) is 6.07 Å². The van der Waals surface area contributed by atoms with Crippen molar-refractivity contribution in [3.63, 3.8) is 0 Å². The molecule has 0 atom stereocenters. The normalized spacial score (nSPS) is 11.4. The van der Waals surface area contributed by atoms with E-state index in [0.717, 1.165) is 6.26 Å². The van der Waals surface area contributed by atoms with E-state index in [2.05, 4.69) is 4.98 Å². The third kappa shape index (κ3) is 4.93. The quantitative estimate of drug-likeness (QED) is 0.830. The second-order valence-corrected chi connectivity index (χ2v) is 7.05. The predicted octanol–water partition coefficient (Wildman–Crippen LogP) is 1.57. The maximum atomic E-state index is 10.9. The number of carboxylic acids is 1. The van der Waals surface area contributed by atoms with Crippen molar-refractivity contribution >= 4 is 39.2 Å². The molecular weight excluding hydrogens is 286 g/mol. The van der Waals surface area contributed by atoms with Gasteiger partial charge in [-0.1, -0.05) is 11.6 Å². The highest BCUT2D eigenvalue weighted by Gasteiger charge is 2.10. The van der Waals surface area contributed by atoms with Gasteiger partial charge in [-0.2, -0.15) is 0 Å². The minimum absolute atomic E-state index is 0.00228. The summed E-state index contributed by atoms with van der Waals surface area (Å²) in [7, 11) is -3.01. The van der Waals surface area contributed by atoms with Crippen LogP contribution in [0.25, 0.3) is 0 Å². The molecule has 0 fully saturated rings. The number of hydrogen-bond acceptors (Lipinski definition) is 5. The van der Waals surface area contributed by atoms with Crippen molar-refractivity contribution in [3.8, 4) is 0 Å². The molecule has 1 N–H and O–H groups in total. The van der Waals surface area contributed by atoms with Crippen LogP contribution in [0.5, 0.6) is 0 Å². The number of thioether (sulfide) groups is 1. The molecule has 8 heteroatoms. The van der Waals surface area contributed by atoms with Crippen molar-refractivity contribution in [2.24, 2.45) is 0 Å². The van der Waals surface area contributed by atoms with Crippen LogP contribution in [0.2, 0.25) is 5.02 Å². The first-order chi connectivity index (χ1) is 7.79. The first-order valence-electron chi connectivity index (χ1n) is 4.49. The Hall–Kier alpha value is -0.790.